The lowest BCUT2D eigenvalue weighted by Crippen LogP contribution is -2.28. The Morgan fingerprint density at radius 3 is 2.44 bits per heavy atom. The second kappa shape index (κ2) is 10.4. The summed E-state index contributed by atoms with van der Waals surface area (Å²) in [5.41, 5.74) is 11.0. The fourth-order valence-electron chi connectivity index (χ4n) is 4.13. The molecule has 0 radical (unpaired) electrons. The van der Waals surface area contributed by atoms with Crippen LogP contribution in [0.1, 0.15) is 52.7 Å². The average Bonchev–Trinajstić information content (AvgIpc) is 3.20. The van der Waals surface area contributed by atoms with Crippen molar-refractivity contribution in [2.75, 3.05) is 18.9 Å². The zero-order chi connectivity index (χ0) is 24.1. The molecule has 4 rings (SSSR count). The van der Waals surface area contributed by atoms with Crippen LogP contribution in [-0.4, -0.2) is 36.0 Å². The molecule has 6 nitrogen and oxygen atoms in total. The molecule has 1 heterocycles. The summed E-state index contributed by atoms with van der Waals surface area (Å²) in [6.45, 7) is 3.25. The predicted octanol–water partition coefficient (Wildman–Crippen LogP) is 4.87. The standard InChI is InChI=1S/C28H30N4O2/c1-3-4-16-32(2)28(34)21-12-15-24-23(17-21)25(27(33)31-24)26(20-8-6-5-7-9-20)30-22-13-10-19(18-29)11-14-22/h5-15,17,25H,3-4,16,18,29H2,1-2H3,(H,31,33). The number of benzene rings is 3. The Morgan fingerprint density at radius 1 is 1.03 bits per heavy atom. The number of rotatable bonds is 8. The van der Waals surface area contributed by atoms with Gasteiger partial charge >= 0.3 is 0 Å². The van der Waals surface area contributed by atoms with Crippen LogP contribution in [-0.2, 0) is 11.3 Å². The van der Waals surface area contributed by atoms with E-state index in [-0.39, 0.29) is 11.8 Å². The molecule has 0 saturated heterocycles. The first-order chi connectivity index (χ1) is 16.5. The van der Waals surface area contributed by atoms with E-state index in [1.165, 1.54) is 0 Å². The van der Waals surface area contributed by atoms with Crippen molar-refractivity contribution in [2.45, 2.75) is 32.2 Å². The molecule has 2 amide bonds. The number of unbranched alkanes of at least 4 members (excludes halogenated alkanes) is 1. The molecule has 3 N–H and O–H groups in total. The van der Waals surface area contributed by atoms with E-state index in [2.05, 4.69) is 12.2 Å². The smallest absolute Gasteiger partial charge is 0.253 e. The number of carbonyl (C=O) groups excluding carboxylic acids is 2. The fourth-order valence-corrected chi connectivity index (χ4v) is 4.13. The average molecular weight is 455 g/mol. The van der Waals surface area contributed by atoms with Crippen LogP contribution in [0.3, 0.4) is 0 Å². The summed E-state index contributed by atoms with van der Waals surface area (Å²) in [5, 5.41) is 2.97. The zero-order valence-electron chi connectivity index (χ0n) is 19.6. The summed E-state index contributed by atoms with van der Waals surface area (Å²) in [6.07, 6.45) is 1.97. The van der Waals surface area contributed by atoms with E-state index in [9.17, 15) is 9.59 Å². The van der Waals surface area contributed by atoms with Crippen molar-refractivity contribution in [2.24, 2.45) is 10.7 Å². The SMILES string of the molecule is CCCCN(C)C(=O)c1ccc2c(c1)C(C(=Nc1ccc(CN)cc1)c1ccccc1)C(=O)N2. The van der Waals surface area contributed by atoms with Gasteiger partial charge in [0.25, 0.3) is 5.91 Å². The number of fused-ring (bicyclic) bond motifs is 1. The normalized spacial score (nSPS) is 15.1. The molecule has 1 aliphatic heterocycles. The Hall–Kier alpha value is -3.77. The lowest BCUT2D eigenvalue weighted by molar-refractivity contribution is -0.115. The Morgan fingerprint density at radius 2 is 1.76 bits per heavy atom. The number of hydrogen-bond acceptors (Lipinski definition) is 4. The first-order valence-electron chi connectivity index (χ1n) is 11.6. The summed E-state index contributed by atoms with van der Waals surface area (Å²) < 4.78 is 0. The third-order valence-electron chi connectivity index (χ3n) is 6.09. The summed E-state index contributed by atoms with van der Waals surface area (Å²) in [5.74, 6) is -0.828. The Kier molecular flexibility index (Phi) is 7.18. The second-order valence-corrected chi connectivity index (χ2v) is 8.54. The molecule has 0 aliphatic carbocycles. The van der Waals surface area contributed by atoms with Crippen molar-refractivity contribution >= 4 is 28.9 Å². The Bertz CT molecular complexity index is 1200. The topological polar surface area (TPSA) is 87.8 Å². The van der Waals surface area contributed by atoms with Gasteiger partial charge in [-0.2, -0.15) is 0 Å². The molecule has 0 saturated carbocycles. The van der Waals surface area contributed by atoms with Gasteiger partial charge in [0.05, 0.1) is 11.4 Å². The van der Waals surface area contributed by atoms with Crippen LogP contribution in [0.5, 0.6) is 0 Å². The van der Waals surface area contributed by atoms with Gasteiger partial charge in [-0.15, -0.1) is 0 Å². The second-order valence-electron chi connectivity index (χ2n) is 8.54. The van der Waals surface area contributed by atoms with Crippen LogP contribution in [0.2, 0.25) is 0 Å². The molecular formula is C28H30N4O2. The fraction of sp³-hybridized carbons (Fsp3) is 0.250. The number of carbonyl (C=O) groups is 2. The number of nitrogens with two attached hydrogens (primary N) is 1. The molecule has 0 aromatic heterocycles. The number of nitrogens with zero attached hydrogens (tertiary/aromatic N) is 2. The van der Waals surface area contributed by atoms with Crippen LogP contribution < -0.4 is 11.1 Å². The van der Waals surface area contributed by atoms with Crippen molar-refractivity contribution in [3.63, 3.8) is 0 Å². The molecule has 0 spiro atoms. The highest BCUT2D eigenvalue weighted by molar-refractivity contribution is 6.24. The first kappa shape index (κ1) is 23.4. The first-order valence-corrected chi connectivity index (χ1v) is 11.6. The minimum absolute atomic E-state index is 0.0510. The van der Waals surface area contributed by atoms with Crippen molar-refractivity contribution < 1.29 is 9.59 Å². The van der Waals surface area contributed by atoms with Crippen LogP contribution in [0.25, 0.3) is 0 Å². The molecular weight excluding hydrogens is 424 g/mol. The predicted molar refractivity (Wildman–Crippen MR) is 137 cm³/mol. The van der Waals surface area contributed by atoms with Gasteiger partial charge in [0, 0.05) is 31.4 Å². The van der Waals surface area contributed by atoms with Gasteiger partial charge in [-0.1, -0.05) is 55.8 Å². The monoisotopic (exact) mass is 454 g/mol. The largest absolute Gasteiger partial charge is 0.342 e. The quantitative estimate of drug-likeness (QED) is 0.476. The molecule has 3 aromatic carbocycles. The molecule has 1 aliphatic rings. The van der Waals surface area contributed by atoms with Crippen molar-refractivity contribution in [1.82, 2.24) is 4.90 Å². The van der Waals surface area contributed by atoms with Crippen molar-refractivity contribution in [1.29, 1.82) is 0 Å². The highest BCUT2D eigenvalue weighted by atomic mass is 16.2. The highest BCUT2D eigenvalue weighted by Crippen LogP contribution is 2.37. The zero-order valence-corrected chi connectivity index (χ0v) is 19.6. The van der Waals surface area contributed by atoms with Gasteiger partial charge in [-0.05, 0) is 53.4 Å². The van der Waals surface area contributed by atoms with Crippen LogP contribution in [0.15, 0.2) is 77.8 Å². The summed E-state index contributed by atoms with van der Waals surface area (Å²) in [7, 11) is 1.81. The summed E-state index contributed by atoms with van der Waals surface area (Å²) in [6, 6.07) is 22.8. The van der Waals surface area contributed by atoms with E-state index in [4.69, 9.17) is 10.7 Å². The van der Waals surface area contributed by atoms with Crippen molar-refractivity contribution in [3.05, 3.63) is 95.1 Å². The Labute approximate surface area is 200 Å². The van der Waals surface area contributed by atoms with Gasteiger partial charge in [0.2, 0.25) is 5.91 Å². The van der Waals surface area contributed by atoms with E-state index < -0.39 is 5.92 Å². The molecule has 0 fully saturated rings. The summed E-state index contributed by atoms with van der Waals surface area (Å²) in [4.78, 5) is 32.8. The van der Waals surface area contributed by atoms with E-state index in [1.54, 1.807) is 11.0 Å². The van der Waals surface area contributed by atoms with Crippen LogP contribution >= 0.6 is 0 Å². The Balaban J connectivity index is 1.77. The highest BCUT2D eigenvalue weighted by Gasteiger charge is 2.36. The van der Waals surface area contributed by atoms with E-state index >= 15 is 0 Å². The minimum Gasteiger partial charge on any atom is -0.342 e. The molecule has 34 heavy (non-hydrogen) atoms. The molecule has 1 atom stereocenters. The van der Waals surface area contributed by atoms with E-state index in [0.717, 1.165) is 35.2 Å². The van der Waals surface area contributed by atoms with Crippen LogP contribution in [0.4, 0.5) is 11.4 Å². The number of anilines is 1. The van der Waals surface area contributed by atoms with Gasteiger partial charge < -0.3 is 16.0 Å². The number of nitrogens with one attached hydrogen (secondary N) is 1. The maximum absolute atomic E-state index is 13.2. The van der Waals surface area contributed by atoms with Gasteiger partial charge in [-0.25, -0.2) is 0 Å². The molecule has 174 valence electrons. The number of hydrogen-bond donors (Lipinski definition) is 2. The molecule has 0 bridgehead atoms. The van der Waals surface area contributed by atoms with Gasteiger partial charge in [0.15, 0.2) is 0 Å². The number of aliphatic imine (C=N–C) groups is 1. The molecule has 6 heteroatoms. The third-order valence-corrected chi connectivity index (χ3v) is 6.09. The summed E-state index contributed by atoms with van der Waals surface area (Å²) >= 11 is 0. The van der Waals surface area contributed by atoms with E-state index in [0.29, 0.717) is 30.1 Å². The maximum atomic E-state index is 13.2. The lowest BCUT2D eigenvalue weighted by atomic mass is 9.89. The lowest BCUT2D eigenvalue weighted by Gasteiger charge is -2.18. The maximum Gasteiger partial charge on any atom is 0.253 e. The van der Waals surface area contributed by atoms with Crippen molar-refractivity contribution in [3.8, 4) is 0 Å². The van der Waals surface area contributed by atoms with Crippen LogP contribution in [0, 0.1) is 0 Å². The third kappa shape index (κ3) is 4.92. The van der Waals surface area contributed by atoms with E-state index in [1.807, 2.05) is 73.8 Å². The number of amides is 2. The molecule has 3 aromatic rings. The minimum atomic E-state index is -0.625. The van der Waals surface area contributed by atoms with Gasteiger partial charge in [-0.3, -0.25) is 14.6 Å². The van der Waals surface area contributed by atoms with Gasteiger partial charge in [0.1, 0.15) is 5.92 Å². The molecule has 1 unspecified atom stereocenters.